The first-order valence-electron chi connectivity index (χ1n) is 11.5. The van der Waals surface area contributed by atoms with Crippen molar-refractivity contribution in [2.24, 2.45) is 4.99 Å². The maximum atomic E-state index is 13.5. The molecular weight excluding hydrogens is 492 g/mol. The Kier molecular flexibility index (Phi) is 8.72. The van der Waals surface area contributed by atoms with Crippen LogP contribution in [0.2, 0.25) is 5.02 Å². The molecule has 1 aliphatic rings. The summed E-state index contributed by atoms with van der Waals surface area (Å²) in [5.74, 6) is 3.18. The van der Waals surface area contributed by atoms with Crippen LogP contribution in [0, 0.1) is 12.3 Å². The molecule has 0 aliphatic carbocycles. The number of hydrogen-bond acceptors (Lipinski definition) is 5. The van der Waals surface area contributed by atoms with E-state index in [4.69, 9.17) is 32.5 Å². The highest BCUT2D eigenvalue weighted by Gasteiger charge is 2.33. The second-order valence-electron chi connectivity index (χ2n) is 7.83. The summed E-state index contributed by atoms with van der Waals surface area (Å²) in [5, 5.41) is 1.02. The molecule has 182 valence electrons. The maximum Gasteiger partial charge on any atom is 0.267 e. The van der Waals surface area contributed by atoms with E-state index in [1.54, 1.807) is 23.1 Å². The van der Waals surface area contributed by atoms with Gasteiger partial charge in [0.15, 0.2) is 16.7 Å². The van der Waals surface area contributed by atoms with Crippen LogP contribution in [-0.2, 0) is 17.9 Å². The van der Waals surface area contributed by atoms with Crippen LogP contribution in [0.3, 0.4) is 0 Å². The van der Waals surface area contributed by atoms with Crippen LogP contribution >= 0.6 is 23.4 Å². The van der Waals surface area contributed by atoms with Crippen LogP contribution in [0.5, 0.6) is 11.5 Å². The molecule has 0 radical (unpaired) electrons. The van der Waals surface area contributed by atoms with Crippen molar-refractivity contribution in [3.8, 4) is 23.8 Å². The number of carbonyl (C=O) groups excluding carboxylic acids is 1. The predicted molar refractivity (Wildman–Crippen MR) is 147 cm³/mol. The van der Waals surface area contributed by atoms with Crippen molar-refractivity contribution < 1.29 is 14.3 Å². The predicted octanol–water partition coefficient (Wildman–Crippen LogP) is 6.42. The van der Waals surface area contributed by atoms with Crippen molar-refractivity contribution in [3.63, 3.8) is 0 Å². The summed E-state index contributed by atoms with van der Waals surface area (Å²) in [7, 11) is 0. The van der Waals surface area contributed by atoms with E-state index in [0.29, 0.717) is 46.3 Å². The Labute approximate surface area is 220 Å². The van der Waals surface area contributed by atoms with Gasteiger partial charge in [-0.25, -0.2) is 0 Å². The van der Waals surface area contributed by atoms with Gasteiger partial charge in [-0.05, 0) is 53.6 Å². The molecule has 0 atom stereocenters. The van der Waals surface area contributed by atoms with Gasteiger partial charge in [-0.1, -0.05) is 78.2 Å². The van der Waals surface area contributed by atoms with Crippen LogP contribution in [0.25, 0.3) is 6.08 Å². The molecule has 1 amide bonds. The molecule has 0 unspecified atom stereocenters. The molecule has 0 saturated carbocycles. The van der Waals surface area contributed by atoms with Gasteiger partial charge in [-0.2, -0.15) is 0 Å². The highest BCUT2D eigenvalue weighted by molar-refractivity contribution is 8.18. The molecule has 1 aliphatic heterocycles. The van der Waals surface area contributed by atoms with E-state index in [1.165, 1.54) is 11.8 Å². The number of carbonyl (C=O) groups is 1. The minimum Gasteiger partial charge on any atom is -0.490 e. The quantitative estimate of drug-likeness (QED) is 0.243. The molecule has 0 bridgehead atoms. The summed E-state index contributed by atoms with van der Waals surface area (Å²) in [6, 6.07) is 23.4. The average Bonchev–Trinajstić information content (AvgIpc) is 3.17. The second kappa shape index (κ2) is 12.3. The fraction of sp³-hybridized carbons (Fsp3) is 0.172. The number of ether oxygens (including phenoxy) is 2. The lowest BCUT2D eigenvalue weighted by molar-refractivity contribution is -0.122. The number of hydrogen-bond donors (Lipinski definition) is 0. The smallest absolute Gasteiger partial charge is 0.267 e. The van der Waals surface area contributed by atoms with Gasteiger partial charge in [0.25, 0.3) is 5.91 Å². The van der Waals surface area contributed by atoms with Crippen molar-refractivity contribution in [1.82, 2.24) is 4.90 Å². The zero-order valence-electron chi connectivity index (χ0n) is 19.8. The lowest BCUT2D eigenvalue weighted by Crippen LogP contribution is -2.28. The Bertz CT molecular complexity index is 1320. The Morgan fingerprint density at radius 3 is 2.42 bits per heavy atom. The first kappa shape index (κ1) is 25.4. The van der Waals surface area contributed by atoms with Gasteiger partial charge < -0.3 is 9.47 Å². The molecule has 0 N–H and O–H groups in total. The number of nitrogens with zero attached hydrogens (tertiary/aromatic N) is 2. The van der Waals surface area contributed by atoms with E-state index in [1.807, 2.05) is 67.6 Å². The number of halogens is 1. The number of rotatable bonds is 9. The topological polar surface area (TPSA) is 51.1 Å². The van der Waals surface area contributed by atoms with Crippen LogP contribution in [-0.4, -0.2) is 29.2 Å². The lowest BCUT2D eigenvalue weighted by Gasteiger charge is -2.15. The number of amidine groups is 1. The van der Waals surface area contributed by atoms with Crippen molar-refractivity contribution in [1.29, 1.82) is 0 Å². The molecular formula is C29H25ClN2O3S. The minimum absolute atomic E-state index is 0.0737. The number of terminal acetylenes is 1. The normalized spacial score (nSPS) is 15.4. The molecule has 7 heteroatoms. The van der Waals surface area contributed by atoms with Crippen LogP contribution in [0.4, 0.5) is 0 Å². The fourth-order valence-electron chi connectivity index (χ4n) is 3.61. The van der Waals surface area contributed by atoms with Crippen molar-refractivity contribution in [3.05, 3.63) is 99.4 Å². The Balaban J connectivity index is 1.66. The van der Waals surface area contributed by atoms with E-state index in [2.05, 4.69) is 5.92 Å². The molecule has 1 fully saturated rings. The third-order valence-corrected chi connectivity index (χ3v) is 6.57. The maximum absolute atomic E-state index is 13.5. The van der Waals surface area contributed by atoms with E-state index < -0.39 is 0 Å². The van der Waals surface area contributed by atoms with Gasteiger partial charge in [-0.3, -0.25) is 14.7 Å². The number of thioether (sulfide) groups is 1. The summed E-state index contributed by atoms with van der Waals surface area (Å²) in [5.41, 5.74) is 2.82. The van der Waals surface area contributed by atoms with Gasteiger partial charge in [0.2, 0.25) is 0 Å². The summed E-state index contributed by atoms with van der Waals surface area (Å²) >= 11 is 7.83. The standard InChI is InChI=1S/C29H25ClN2O3S/c1-3-15-35-27-24(30)16-23(17-25(27)34-4-2)18-26-28(33)32(20-22-13-9-6-10-14-22)29(36-26)31-19-21-11-7-5-8-12-21/h1,5-14,16-18H,4,15,19-20H2,2H3/b26-18+,31-29?. The monoisotopic (exact) mass is 516 g/mol. The minimum atomic E-state index is -0.114. The number of aliphatic imine (C=N–C) groups is 1. The van der Waals surface area contributed by atoms with Gasteiger partial charge >= 0.3 is 0 Å². The molecule has 1 heterocycles. The SMILES string of the molecule is C#CCOc1c(Cl)cc(/C=C2/SC(=NCc3ccccc3)N(Cc3ccccc3)C2=O)cc1OCC. The fourth-order valence-corrected chi connectivity index (χ4v) is 4.86. The molecule has 36 heavy (non-hydrogen) atoms. The highest BCUT2D eigenvalue weighted by Crippen LogP contribution is 2.39. The van der Waals surface area contributed by atoms with Gasteiger partial charge in [-0.15, -0.1) is 6.42 Å². The van der Waals surface area contributed by atoms with Crippen LogP contribution in [0.15, 0.2) is 82.7 Å². The van der Waals surface area contributed by atoms with Crippen molar-refractivity contribution in [2.75, 3.05) is 13.2 Å². The lowest BCUT2D eigenvalue weighted by atomic mass is 10.1. The van der Waals surface area contributed by atoms with E-state index >= 15 is 0 Å². The Hall–Kier alpha value is -3.66. The number of benzene rings is 3. The summed E-state index contributed by atoms with van der Waals surface area (Å²) < 4.78 is 11.3. The number of amides is 1. The third-order valence-electron chi connectivity index (χ3n) is 5.24. The molecule has 3 aromatic rings. The van der Waals surface area contributed by atoms with Crippen LogP contribution in [0.1, 0.15) is 23.6 Å². The summed E-state index contributed by atoms with van der Waals surface area (Å²) in [4.78, 5) is 20.5. The molecule has 0 spiro atoms. The summed E-state index contributed by atoms with van der Waals surface area (Å²) in [6.07, 6.45) is 7.12. The Morgan fingerprint density at radius 1 is 1.06 bits per heavy atom. The second-order valence-corrected chi connectivity index (χ2v) is 9.24. The zero-order valence-corrected chi connectivity index (χ0v) is 21.4. The van der Waals surface area contributed by atoms with E-state index in [9.17, 15) is 4.79 Å². The first-order chi connectivity index (χ1) is 17.6. The van der Waals surface area contributed by atoms with Crippen molar-refractivity contribution >= 4 is 40.5 Å². The molecule has 4 rings (SSSR count). The van der Waals surface area contributed by atoms with E-state index in [-0.39, 0.29) is 12.5 Å². The Morgan fingerprint density at radius 2 is 1.75 bits per heavy atom. The van der Waals surface area contributed by atoms with Gasteiger partial charge in [0, 0.05) is 0 Å². The van der Waals surface area contributed by atoms with Gasteiger partial charge in [0.05, 0.1) is 29.6 Å². The largest absolute Gasteiger partial charge is 0.490 e. The van der Waals surface area contributed by atoms with Crippen LogP contribution < -0.4 is 9.47 Å². The molecule has 0 aromatic heterocycles. The summed E-state index contributed by atoms with van der Waals surface area (Å²) in [6.45, 7) is 3.29. The highest BCUT2D eigenvalue weighted by atomic mass is 35.5. The third kappa shape index (κ3) is 6.31. The van der Waals surface area contributed by atoms with Gasteiger partial charge in [0.1, 0.15) is 6.61 Å². The zero-order chi connectivity index (χ0) is 25.3. The average molecular weight is 517 g/mol. The molecule has 1 saturated heterocycles. The molecule has 5 nitrogen and oxygen atoms in total. The first-order valence-corrected chi connectivity index (χ1v) is 12.6. The van der Waals surface area contributed by atoms with E-state index in [0.717, 1.165) is 16.7 Å². The molecule has 3 aromatic carbocycles. The van der Waals surface area contributed by atoms with Crippen molar-refractivity contribution in [2.45, 2.75) is 20.0 Å².